The van der Waals surface area contributed by atoms with Crippen LogP contribution in [0.5, 0.6) is 5.75 Å². The minimum Gasteiger partial charge on any atom is -0.494 e. The average Bonchev–Trinajstić information content (AvgIpc) is 2.80. The molecule has 0 radical (unpaired) electrons. The van der Waals surface area contributed by atoms with Gasteiger partial charge in [-0.05, 0) is 50.8 Å². The Morgan fingerprint density at radius 2 is 2.00 bits per heavy atom. The standard InChI is InChI=1S/C16H25NO/c1-3-17-16-6-4-5-14(16)11-12-18-15-9-7-13(2)8-10-15/h7-10,14,16-17H,3-6,11-12H2,1-2H3. The van der Waals surface area contributed by atoms with Gasteiger partial charge >= 0.3 is 0 Å². The summed E-state index contributed by atoms with van der Waals surface area (Å²) in [6, 6.07) is 9.05. The second kappa shape index (κ2) is 6.79. The first-order valence-corrected chi connectivity index (χ1v) is 7.22. The molecule has 1 saturated carbocycles. The smallest absolute Gasteiger partial charge is 0.119 e. The molecular formula is C16H25NO. The van der Waals surface area contributed by atoms with Gasteiger partial charge in [0.05, 0.1) is 6.61 Å². The van der Waals surface area contributed by atoms with Crippen LogP contribution < -0.4 is 10.1 Å². The Labute approximate surface area is 111 Å². The zero-order valence-corrected chi connectivity index (χ0v) is 11.6. The number of benzene rings is 1. The second-order valence-corrected chi connectivity index (χ2v) is 5.31. The van der Waals surface area contributed by atoms with Gasteiger partial charge in [0.25, 0.3) is 0 Å². The lowest BCUT2D eigenvalue weighted by Crippen LogP contribution is -2.32. The Balaban J connectivity index is 1.73. The van der Waals surface area contributed by atoms with E-state index in [1.54, 1.807) is 0 Å². The summed E-state index contributed by atoms with van der Waals surface area (Å²) in [7, 11) is 0. The molecule has 1 fully saturated rings. The molecule has 2 atom stereocenters. The molecule has 1 N–H and O–H groups in total. The first-order valence-electron chi connectivity index (χ1n) is 7.22. The van der Waals surface area contributed by atoms with E-state index in [1.165, 1.54) is 31.2 Å². The van der Waals surface area contributed by atoms with E-state index >= 15 is 0 Å². The molecule has 0 aliphatic heterocycles. The fraction of sp³-hybridized carbons (Fsp3) is 0.625. The SMILES string of the molecule is CCNC1CCCC1CCOc1ccc(C)cc1. The van der Waals surface area contributed by atoms with Crippen molar-refractivity contribution in [2.45, 2.75) is 45.6 Å². The van der Waals surface area contributed by atoms with Gasteiger partial charge in [0, 0.05) is 6.04 Å². The third-order valence-corrected chi connectivity index (χ3v) is 3.90. The first-order chi connectivity index (χ1) is 8.79. The summed E-state index contributed by atoms with van der Waals surface area (Å²) >= 11 is 0. The number of ether oxygens (including phenoxy) is 1. The van der Waals surface area contributed by atoms with Crippen molar-refractivity contribution in [3.05, 3.63) is 29.8 Å². The Morgan fingerprint density at radius 3 is 2.72 bits per heavy atom. The maximum absolute atomic E-state index is 5.82. The van der Waals surface area contributed by atoms with E-state index in [1.807, 2.05) is 0 Å². The molecule has 1 aromatic rings. The fourth-order valence-corrected chi connectivity index (χ4v) is 2.88. The molecule has 1 aromatic carbocycles. The second-order valence-electron chi connectivity index (χ2n) is 5.31. The van der Waals surface area contributed by atoms with E-state index in [0.717, 1.165) is 30.9 Å². The van der Waals surface area contributed by atoms with Crippen molar-refractivity contribution in [2.24, 2.45) is 5.92 Å². The van der Waals surface area contributed by atoms with Gasteiger partial charge in [-0.1, -0.05) is 31.0 Å². The van der Waals surface area contributed by atoms with Crippen LogP contribution in [0.2, 0.25) is 0 Å². The van der Waals surface area contributed by atoms with Crippen LogP contribution >= 0.6 is 0 Å². The maximum atomic E-state index is 5.82. The highest BCUT2D eigenvalue weighted by Gasteiger charge is 2.25. The third-order valence-electron chi connectivity index (χ3n) is 3.90. The van der Waals surface area contributed by atoms with Gasteiger partial charge in [0.2, 0.25) is 0 Å². The molecule has 1 aliphatic carbocycles. The van der Waals surface area contributed by atoms with Crippen molar-refractivity contribution in [3.63, 3.8) is 0 Å². The van der Waals surface area contributed by atoms with Gasteiger partial charge in [0.15, 0.2) is 0 Å². The summed E-state index contributed by atoms with van der Waals surface area (Å²) in [4.78, 5) is 0. The van der Waals surface area contributed by atoms with Crippen molar-refractivity contribution in [2.75, 3.05) is 13.2 Å². The van der Waals surface area contributed by atoms with Crippen LogP contribution in [-0.2, 0) is 0 Å². The predicted octanol–water partition coefficient (Wildman–Crippen LogP) is 3.54. The molecular weight excluding hydrogens is 222 g/mol. The van der Waals surface area contributed by atoms with Crippen LogP contribution in [0.15, 0.2) is 24.3 Å². The fourth-order valence-electron chi connectivity index (χ4n) is 2.88. The molecule has 1 aliphatic rings. The Morgan fingerprint density at radius 1 is 1.22 bits per heavy atom. The van der Waals surface area contributed by atoms with Gasteiger partial charge in [-0.15, -0.1) is 0 Å². The van der Waals surface area contributed by atoms with Crippen LogP contribution in [0.3, 0.4) is 0 Å². The number of hydrogen-bond donors (Lipinski definition) is 1. The van der Waals surface area contributed by atoms with Crippen molar-refractivity contribution in [1.29, 1.82) is 0 Å². The van der Waals surface area contributed by atoms with E-state index in [4.69, 9.17) is 4.74 Å². The Hall–Kier alpha value is -1.02. The van der Waals surface area contributed by atoms with E-state index < -0.39 is 0 Å². The molecule has 2 unspecified atom stereocenters. The summed E-state index contributed by atoms with van der Waals surface area (Å²) < 4.78 is 5.82. The highest BCUT2D eigenvalue weighted by Crippen LogP contribution is 2.28. The Bertz CT molecular complexity index is 347. The first kappa shape index (κ1) is 13.4. The summed E-state index contributed by atoms with van der Waals surface area (Å²) in [6.45, 7) is 6.22. The van der Waals surface area contributed by atoms with Gasteiger partial charge in [-0.3, -0.25) is 0 Å². The quantitative estimate of drug-likeness (QED) is 0.830. The van der Waals surface area contributed by atoms with Crippen LogP contribution in [0, 0.1) is 12.8 Å². The molecule has 0 heterocycles. The van der Waals surface area contributed by atoms with Gasteiger partial charge in [-0.25, -0.2) is 0 Å². The van der Waals surface area contributed by atoms with Crippen molar-refractivity contribution in [1.82, 2.24) is 5.32 Å². The summed E-state index contributed by atoms with van der Waals surface area (Å²) in [5.41, 5.74) is 1.28. The summed E-state index contributed by atoms with van der Waals surface area (Å²) in [5, 5.41) is 3.60. The van der Waals surface area contributed by atoms with Crippen LogP contribution in [0.1, 0.15) is 38.2 Å². The minimum atomic E-state index is 0.719. The van der Waals surface area contributed by atoms with Crippen molar-refractivity contribution < 1.29 is 4.74 Å². The molecule has 100 valence electrons. The van der Waals surface area contributed by atoms with Crippen molar-refractivity contribution >= 4 is 0 Å². The van der Waals surface area contributed by atoms with Gasteiger partial charge in [0.1, 0.15) is 5.75 Å². The average molecular weight is 247 g/mol. The minimum absolute atomic E-state index is 0.719. The van der Waals surface area contributed by atoms with Gasteiger partial charge in [-0.2, -0.15) is 0 Å². The molecule has 0 bridgehead atoms. The monoisotopic (exact) mass is 247 g/mol. The van der Waals surface area contributed by atoms with E-state index in [9.17, 15) is 0 Å². The predicted molar refractivity (Wildman–Crippen MR) is 76.1 cm³/mol. The molecule has 0 amide bonds. The molecule has 2 heteroatoms. The molecule has 0 aromatic heterocycles. The molecule has 2 rings (SSSR count). The summed E-state index contributed by atoms with van der Waals surface area (Å²) in [5.74, 6) is 1.80. The van der Waals surface area contributed by atoms with Crippen LogP contribution in [-0.4, -0.2) is 19.2 Å². The lowest BCUT2D eigenvalue weighted by atomic mass is 10.00. The topological polar surface area (TPSA) is 21.3 Å². The zero-order valence-electron chi connectivity index (χ0n) is 11.6. The summed E-state index contributed by atoms with van der Waals surface area (Å²) in [6.07, 6.45) is 5.23. The molecule has 2 nitrogen and oxygen atoms in total. The van der Waals surface area contributed by atoms with Crippen LogP contribution in [0.4, 0.5) is 0 Å². The number of hydrogen-bond acceptors (Lipinski definition) is 2. The van der Waals surface area contributed by atoms with E-state index in [-0.39, 0.29) is 0 Å². The molecule has 0 saturated heterocycles. The highest BCUT2D eigenvalue weighted by molar-refractivity contribution is 5.26. The lowest BCUT2D eigenvalue weighted by molar-refractivity contribution is 0.261. The Kier molecular flexibility index (Phi) is 5.06. The van der Waals surface area contributed by atoms with E-state index in [2.05, 4.69) is 43.4 Å². The van der Waals surface area contributed by atoms with Gasteiger partial charge < -0.3 is 10.1 Å². The number of rotatable bonds is 6. The normalized spacial score (nSPS) is 23.2. The van der Waals surface area contributed by atoms with Crippen LogP contribution in [0.25, 0.3) is 0 Å². The lowest BCUT2D eigenvalue weighted by Gasteiger charge is -2.20. The molecule has 0 spiro atoms. The van der Waals surface area contributed by atoms with Crippen molar-refractivity contribution in [3.8, 4) is 5.75 Å². The largest absolute Gasteiger partial charge is 0.494 e. The number of nitrogens with one attached hydrogen (secondary N) is 1. The number of aryl methyl sites for hydroxylation is 1. The van der Waals surface area contributed by atoms with E-state index in [0.29, 0.717) is 0 Å². The zero-order chi connectivity index (χ0) is 12.8. The molecule has 18 heavy (non-hydrogen) atoms. The maximum Gasteiger partial charge on any atom is 0.119 e. The highest BCUT2D eigenvalue weighted by atomic mass is 16.5. The third kappa shape index (κ3) is 3.74.